The summed E-state index contributed by atoms with van der Waals surface area (Å²) in [5.41, 5.74) is 1.21. The van der Waals surface area contributed by atoms with Gasteiger partial charge in [-0.25, -0.2) is 0 Å². The summed E-state index contributed by atoms with van der Waals surface area (Å²) in [4.78, 5) is 3.88. The first-order valence-electron chi connectivity index (χ1n) is 2.26. The molecule has 0 atom stereocenters. The van der Waals surface area contributed by atoms with E-state index in [1.165, 1.54) is 5.56 Å². The molecule has 0 saturated carbocycles. The van der Waals surface area contributed by atoms with Crippen LogP contribution >= 0.6 is 0 Å². The zero-order chi connectivity index (χ0) is 5.11. The first kappa shape index (κ1) is 7.67. The Morgan fingerprint density at radius 3 is 2.50 bits per heavy atom. The summed E-state index contributed by atoms with van der Waals surface area (Å²) in [7, 11) is 0. The van der Waals surface area contributed by atoms with Gasteiger partial charge in [-0.1, -0.05) is 6.07 Å². The Kier molecular flexibility index (Phi) is 3.49. The minimum Gasteiger partial charge on any atom is -0.264 e. The Labute approximate surface area is 59.6 Å². The SMILES string of the molecule is Cc1cccnc1.[Cu]. The number of aryl methyl sites for hydroxylation is 1. The van der Waals surface area contributed by atoms with Gasteiger partial charge in [-0.3, -0.25) is 4.98 Å². The average Bonchev–Trinajstić information content (AvgIpc) is 1.69. The molecule has 0 saturated heterocycles. The van der Waals surface area contributed by atoms with E-state index < -0.39 is 0 Å². The van der Waals surface area contributed by atoms with Gasteiger partial charge in [0.05, 0.1) is 0 Å². The van der Waals surface area contributed by atoms with Crippen molar-refractivity contribution in [3.05, 3.63) is 30.1 Å². The molecule has 0 N–H and O–H groups in total. The van der Waals surface area contributed by atoms with E-state index in [9.17, 15) is 0 Å². The van der Waals surface area contributed by atoms with Gasteiger partial charge in [-0.05, 0) is 18.6 Å². The van der Waals surface area contributed by atoms with Crippen LogP contribution in [0, 0.1) is 6.92 Å². The Morgan fingerprint density at radius 1 is 1.50 bits per heavy atom. The van der Waals surface area contributed by atoms with Crippen molar-refractivity contribution in [2.45, 2.75) is 6.92 Å². The number of pyridine rings is 1. The zero-order valence-electron chi connectivity index (χ0n) is 4.56. The maximum absolute atomic E-state index is 3.88. The summed E-state index contributed by atoms with van der Waals surface area (Å²) in [6, 6.07) is 3.95. The van der Waals surface area contributed by atoms with Gasteiger partial charge >= 0.3 is 0 Å². The van der Waals surface area contributed by atoms with Gasteiger partial charge in [0.1, 0.15) is 0 Å². The van der Waals surface area contributed by atoms with Crippen molar-refractivity contribution in [1.29, 1.82) is 0 Å². The van der Waals surface area contributed by atoms with Crippen molar-refractivity contribution in [2.75, 3.05) is 0 Å². The zero-order valence-corrected chi connectivity index (χ0v) is 5.50. The molecule has 2 heteroatoms. The van der Waals surface area contributed by atoms with Crippen LogP contribution in [0.3, 0.4) is 0 Å². The third-order valence-electron chi connectivity index (χ3n) is 0.809. The molecule has 1 nitrogen and oxygen atoms in total. The molecule has 47 valence electrons. The number of hydrogen-bond donors (Lipinski definition) is 0. The molecule has 8 heavy (non-hydrogen) atoms. The second-order valence-electron chi connectivity index (χ2n) is 1.53. The van der Waals surface area contributed by atoms with Gasteiger partial charge in [-0.15, -0.1) is 0 Å². The third kappa shape index (κ3) is 2.10. The average molecular weight is 157 g/mol. The van der Waals surface area contributed by atoms with Crippen LogP contribution in [0.15, 0.2) is 24.5 Å². The van der Waals surface area contributed by atoms with Gasteiger partial charge in [0.2, 0.25) is 0 Å². The maximum Gasteiger partial charge on any atom is 0.0297 e. The van der Waals surface area contributed by atoms with Crippen molar-refractivity contribution in [3.8, 4) is 0 Å². The molecule has 0 spiro atoms. The minimum absolute atomic E-state index is 0. The van der Waals surface area contributed by atoms with E-state index in [4.69, 9.17) is 0 Å². The van der Waals surface area contributed by atoms with E-state index >= 15 is 0 Å². The van der Waals surface area contributed by atoms with Crippen LogP contribution in [-0.4, -0.2) is 4.98 Å². The smallest absolute Gasteiger partial charge is 0.0297 e. The summed E-state index contributed by atoms with van der Waals surface area (Å²) in [5, 5.41) is 0. The fraction of sp³-hybridized carbons (Fsp3) is 0.167. The Bertz CT molecular complexity index is 138. The summed E-state index contributed by atoms with van der Waals surface area (Å²) >= 11 is 0. The second kappa shape index (κ2) is 3.64. The molecule has 0 fully saturated rings. The van der Waals surface area contributed by atoms with Crippen LogP contribution in [-0.2, 0) is 17.1 Å². The van der Waals surface area contributed by atoms with Crippen molar-refractivity contribution in [3.63, 3.8) is 0 Å². The van der Waals surface area contributed by atoms with Crippen molar-refractivity contribution >= 4 is 0 Å². The van der Waals surface area contributed by atoms with Crippen molar-refractivity contribution < 1.29 is 17.1 Å². The Hall–Kier alpha value is -0.331. The fourth-order valence-electron chi connectivity index (χ4n) is 0.448. The van der Waals surface area contributed by atoms with Crippen molar-refractivity contribution in [1.82, 2.24) is 4.98 Å². The summed E-state index contributed by atoms with van der Waals surface area (Å²) in [6.07, 6.45) is 3.60. The van der Waals surface area contributed by atoms with E-state index in [1.807, 2.05) is 25.3 Å². The van der Waals surface area contributed by atoms with E-state index in [0.717, 1.165) is 0 Å². The molecular weight excluding hydrogens is 150 g/mol. The molecule has 1 aromatic rings. The predicted octanol–water partition coefficient (Wildman–Crippen LogP) is 1.39. The first-order valence-corrected chi connectivity index (χ1v) is 2.26. The maximum atomic E-state index is 3.88. The first-order chi connectivity index (χ1) is 3.39. The normalized spacial score (nSPS) is 7.62. The molecule has 0 aliphatic carbocycles. The molecule has 1 rings (SSSR count). The standard InChI is InChI=1S/C6H7N.Cu/c1-6-3-2-4-7-5-6;/h2-5H,1H3;. The number of aromatic nitrogens is 1. The Balaban J connectivity index is 0.000000490. The van der Waals surface area contributed by atoms with Gasteiger partial charge in [0, 0.05) is 29.5 Å². The van der Waals surface area contributed by atoms with Gasteiger partial charge in [-0.2, -0.15) is 0 Å². The van der Waals surface area contributed by atoms with E-state index in [-0.39, 0.29) is 17.1 Å². The molecular formula is C6H7CuN. The van der Waals surface area contributed by atoms with E-state index in [2.05, 4.69) is 4.98 Å². The molecule has 1 radical (unpaired) electrons. The van der Waals surface area contributed by atoms with Crippen LogP contribution < -0.4 is 0 Å². The third-order valence-corrected chi connectivity index (χ3v) is 0.809. The monoisotopic (exact) mass is 156 g/mol. The van der Waals surface area contributed by atoms with Crippen LogP contribution in [0.1, 0.15) is 5.56 Å². The molecule has 0 aromatic carbocycles. The Morgan fingerprint density at radius 2 is 2.25 bits per heavy atom. The summed E-state index contributed by atoms with van der Waals surface area (Å²) in [5.74, 6) is 0. The van der Waals surface area contributed by atoms with Gasteiger partial charge in [0.15, 0.2) is 0 Å². The summed E-state index contributed by atoms with van der Waals surface area (Å²) in [6.45, 7) is 2.02. The fourth-order valence-corrected chi connectivity index (χ4v) is 0.448. The van der Waals surface area contributed by atoms with E-state index in [0.29, 0.717) is 0 Å². The topological polar surface area (TPSA) is 12.9 Å². The largest absolute Gasteiger partial charge is 0.264 e. The molecule has 1 aromatic heterocycles. The molecule has 0 aliphatic heterocycles. The molecule has 0 amide bonds. The summed E-state index contributed by atoms with van der Waals surface area (Å²) < 4.78 is 0. The minimum atomic E-state index is 0. The quantitative estimate of drug-likeness (QED) is 0.518. The molecule has 1 heterocycles. The van der Waals surface area contributed by atoms with Gasteiger partial charge < -0.3 is 0 Å². The molecule has 0 bridgehead atoms. The molecule has 0 unspecified atom stereocenters. The van der Waals surface area contributed by atoms with Gasteiger partial charge in [0.25, 0.3) is 0 Å². The molecule has 0 aliphatic rings. The number of rotatable bonds is 0. The number of nitrogens with zero attached hydrogens (tertiary/aromatic N) is 1. The van der Waals surface area contributed by atoms with Crippen LogP contribution in [0.25, 0.3) is 0 Å². The van der Waals surface area contributed by atoms with Crippen molar-refractivity contribution in [2.24, 2.45) is 0 Å². The van der Waals surface area contributed by atoms with Crippen LogP contribution in [0.5, 0.6) is 0 Å². The van der Waals surface area contributed by atoms with Crippen LogP contribution in [0.2, 0.25) is 0 Å². The van der Waals surface area contributed by atoms with E-state index in [1.54, 1.807) is 6.20 Å². The van der Waals surface area contributed by atoms with Crippen LogP contribution in [0.4, 0.5) is 0 Å². The number of hydrogen-bond acceptors (Lipinski definition) is 1. The predicted molar refractivity (Wildman–Crippen MR) is 29.0 cm³/mol. The second-order valence-corrected chi connectivity index (χ2v) is 1.53.